The number of rotatable bonds is 7. The molecule has 0 aliphatic carbocycles. The smallest absolute Gasteiger partial charge is 0.306 e. The van der Waals surface area contributed by atoms with Crippen molar-refractivity contribution in [1.82, 2.24) is 4.98 Å². The first-order valence-corrected chi connectivity index (χ1v) is 10.1. The molecule has 0 bridgehead atoms. The number of esters is 1. The molecule has 0 saturated heterocycles. The molecular weight excluding hydrogens is 376 g/mol. The Kier molecular flexibility index (Phi) is 5.80. The van der Waals surface area contributed by atoms with Gasteiger partial charge < -0.3 is 15.0 Å². The molecule has 0 aliphatic rings. The van der Waals surface area contributed by atoms with Gasteiger partial charge in [0.1, 0.15) is 0 Å². The Hall–Kier alpha value is -3.60. The summed E-state index contributed by atoms with van der Waals surface area (Å²) in [4.78, 5) is 28.0. The third kappa shape index (κ3) is 4.35. The third-order valence-electron chi connectivity index (χ3n) is 5.23. The first-order chi connectivity index (χ1) is 14.6. The molecule has 30 heavy (non-hydrogen) atoms. The Labute approximate surface area is 175 Å². The maximum Gasteiger partial charge on any atom is 0.306 e. The summed E-state index contributed by atoms with van der Waals surface area (Å²) in [7, 11) is 0. The van der Waals surface area contributed by atoms with Gasteiger partial charge in [-0.25, -0.2) is 0 Å². The van der Waals surface area contributed by atoms with Gasteiger partial charge in [-0.05, 0) is 42.8 Å². The van der Waals surface area contributed by atoms with Crippen LogP contribution in [0.25, 0.3) is 21.7 Å². The molecule has 3 aromatic carbocycles. The number of H-pyrrole nitrogens is 1. The molecule has 4 aromatic rings. The number of aryl methyl sites for hydroxylation is 1. The van der Waals surface area contributed by atoms with E-state index in [1.807, 2.05) is 66.9 Å². The molecule has 0 radical (unpaired) electrons. The minimum absolute atomic E-state index is 0.269. The van der Waals surface area contributed by atoms with Crippen molar-refractivity contribution in [1.29, 1.82) is 0 Å². The van der Waals surface area contributed by atoms with E-state index >= 15 is 0 Å². The number of aromatic amines is 1. The molecule has 5 nitrogen and oxygen atoms in total. The predicted octanol–water partition coefficient (Wildman–Crippen LogP) is 5.21. The van der Waals surface area contributed by atoms with Gasteiger partial charge in [-0.2, -0.15) is 0 Å². The van der Waals surface area contributed by atoms with Crippen LogP contribution in [-0.4, -0.2) is 23.0 Å². The molecule has 4 rings (SSSR count). The van der Waals surface area contributed by atoms with Crippen LogP contribution in [0.1, 0.15) is 25.3 Å². The van der Waals surface area contributed by atoms with E-state index in [2.05, 4.69) is 16.4 Å². The molecule has 2 N–H and O–H groups in total. The Morgan fingerprint density at radius 3 is 2.57 bits per heavy atom. The lowest BCUT2D eigenvalue weighted by atomic mass is 10.1. The van der Waals surface area contributed by atoms with Crippen molar-refractivity contribution in [2.24, 2.45) is 0 Å². The van der Waals surface area contributed by atoms with Crippen molar-refractivity contribution in [2.45, 2.75) is 32.3 Å². The van der Waals surface area contributed by atoms with E-state index in [4.69, 9.17) is 4.74 Å². The lowest BCUT2D eigenvalue weighted by molar-refractivity contribution is -0.153. The van der Waals surface area contributed by atoms with Gasteiger partial charge in [0.25, 0.3) is 5.91 Å². The van der Waals surface area contributed by atoms with Crippen molar-refractivity contribution < 1.29 is 14.3 Å². The Balaban J connectivity index is 1.29. The van der Waals surface area contributed by atoms with E-state index in [9.17, 15) is 9.59 Å². The maximum atomic E-state index is 12.5. The summed E-state index contributed by atoms with van der Waals surface area (Å²) in [5.41, 5.74) is 2.98. The van der Waals surface area contributed by atoms with Gasteiger partial charge in [-0.3, -0.25) is 9.59 Å². The molecular formula is C25H24N2O3. The van der Waals surface area contributed by atoms with Crippen LogP contribution in [0.5, 0.6) is 0 Å². The van der Waals surface area contributed by atoms with Crippen LogP contribution in [-0.2, 0) is 20.7 Å². The van der Waals surface area contributed by atoms with Crippen LogP contribution >= 0.6 is 0 Å². The zero-order valence-electron chi connectivity index (χ0n) is 16.9. The quantitative estimate of drug-likeness (QED) is 0.418. The highest BCUT2D eigenvalue weighted by Gasteiger charge is 2.18. The number of ether oxygens (including phenoxy) is 1. The van der Waals surface area contributed by atoms with Crippen LogP contribution in [0.3, 0.4) is 0 Å². The number of para-hydroxylation sites is 1. The fraction of sp³-hybridized carbons (Fsp3) is 0.200. The van der Waals surface area contributed by atoms with Gasteiger partial charge in [0.2, 0.25) is 0 Å². The van der Waals surface area contributed by atoms with E-state index in [1.54, 1.807) is 6.92 Å². The molecule has 1 aromatic heterocycles. The summed E-state index contributed by atoms with van der Waals surface area (Å²) in [6.07, 6.45) is 2.83. The second-order valence-corrected chi connectivity index (χ2v) is 7.36. The van der Waals surface area contributed by atoms with Gasteiger partial charge in [0.15, 0.2) is 6.10 Å². The Bertz CT molecular complexity index is 1190. The topological polar surface area (TPSA) is 71.2 Å². The Morgan fingerprint density at radius 2 is 1.70 bits per heavy atom. The van der Waals surface area contributed by atoms with Crippen LogP contribution in [0.15, 0.2) is 72.9 Å². The normalized spacial score (nSPS) is 12.0. The predicted molar refractivity (Wildman–Crippen MR) is 119 cm³/mol. The molecule has 1 amide bonds. The highest BCUT2D eigenvalue weighted by atomic mass is 16.5. The van der Waals surface area contributed by atoms with Crippen LogP contribution in [0.2, 0.25) is 0 Å². The standard InChI is InChI=1S/C25H24N2O3/c1-17(25(29)27-23-14-6-9-18-8-2-3-11-20(18)23)30-24(28)15-7-10-19-16-26-22-13-5-4-12-21(19)22/h2-6,8-9,11-14,16-17,26H,7,10,15H2,1H3,(H,27,29). The fourth-order valence-corrected chi connectivity index (χ4v) is 3.64. The SMILES string of the molecule is CC(OC(=O)CCCc1c[nH]c2ccccc12)C(=O)Nc1cccc2ccccc12. The molecule has 0 aliphatic heterocycles. The van der Waals surface area contributed by atoms with E-state index in [0.29, 0.717) is 12.1 Å². The summed E-state index contributed by atoms with van der Waals surface area (Å²) in [6, 6.07) is 21.6. The summed E-state index contributed by atoms with van der Waals surface area (Å²) >= 11 is 0. The van der Waals surface area contributed by atoms with E-state index < -0.39 is 6.10 Å². The average molecular weight is 400 g/mol. The van der Waals surface area contributed by atoms with Crippen LogP contribution in [0.4, 0.5) is 5.69 Å². The fourth-order valence-electron chi connectivity index (χ4n) is 3.64. The molecule has 1 heterocycles. The Morgan fingerprint density at radius 1 is 0.967 bits per heavy atom. The molecule has 0 fully saturated rings. The number of hydrogen-bond donors (Lipinski definition) is 2. The molecule has 5 heteroatoms. The molecule has 0 saturated carbocycles. The number of hydrogen-bond acceptors (Lipinski definition) is 3. The summed E-state index contributed by atoms with van der Waals surface area (Å²) < 4.78 is 5.34. The van der Waals surface area contributed by atoms with Crippen molar-refractivity contribution in [2.75, 3.05) is 5.32 Å². The average Bonchev–Trinajstić information content (AvgIpc) is 3.17. The number of aromatic nitrogens is 1. The minimum Gasteiger partial charge on any atom is -0.453 e. The van der Waals surface area contributed by atoms with Crippen molar-refractivity contribution in [3.8, 4) is 0 Å². The zero-order valence-corrected chi connectivity index (χ0v) is 16.9. The van der Waals surface area contributed by atoms with E-state index in [1.165, 1.54) is 10.9 Å². The lowest BCUT2D eigenvalue weighted by Crippen LogP contribution is -2.30. The van der Waals surface area contributed by atoms with Gasteiger partial charge in [-0.15, -0.1) is 0 Å². The number of nitrogens with one attached hydrogen (secondary N) is 2. The number of benzene rings is 3. The second-order valence-electron chi connectivity index (χ2n) is 7.36. The number of carbonyl (C=O) groups excluding carboxylic acids is 2. The monoisotopic (exact) mass is 400 g/mol. The van der Waals surface area contributed by atoms with Crippen molar-refractivity contribution >= 4 is 39.2 Å². The third-order valence-corrected chi connectivity index (χ3v) is 5.23. The first-order valence-electron chi connectivity index (χ1n) is 10.1. The summed E-state index contributed by atoms with van der Waals surface area (Å²) in [5.74, 6) is -0.702. The van der Waals surface area contributed by atoms with Gasteiger partial charge >= 0.3 is 5.97 Å². The largest absolute Gasteiger partial charge is 0.453 e. The highest BCUT2D eigenvalue weighted by molar-refractivity contribution is 6.03. The lowest BCUT2D eigenvalue weighted by Gasteiger charge is -2.14. The maximum absolute atomic E-state index is 12.5. The number of fused-ring (bicyclic) bond motifs is 2. The first kappa shape index (κ1) is 19.7. The van der Waals surface area contributed by atoms with Gasteiger partial charge in [-0.1, -0.05) is 54.6 Å². The van der Waals surface area contributed by atoms with E-state index in [0.717, 1.165) is 22.7 Å². The molecule has 1 atom stereocenters. The zero-order chi connectivity index (χ0) is 20.9. The molecule has 0 spiro atoms. The van der Waals surface area contributed by atoms with Crippen LogP contribution in [0, 0.1) is 0 Å². The molecule has 152 valence electrons. The van der Waals surface area contributed by atoms with E-state index in [-0.39, 0.29) is 18.3 Å². The number of anilines is 1. The summed E-state index contributed by atoms with van der Waals surface area (Å²) in [5, 5.41) is 6.03. The summed E-state index contributed by atoms with van der Waals surface area (Å²) in [6.45, 7) is 1.60. The molecule has 1 unspecified atom stereocenters. The minimum atomic E-state index is -0.857. The van der Waals surface area contributed by atoms with Gasteiger partial charge in [0, 0.05) is 34.6 Å². The van der Waals surface area contributed by atoms with Crippen molar-refractivity contribution in [3.05, 3.63) is 78.5 Å². The highest BCUT2D eigenvalue weighted by Crippen LogP contribution is 2.23. The van der Waals surface area contributed by atoms with Crippen molar-refractivity contribution in [3.63, 3.8) is 0 Å². The van der Waals surface area contributed by atoms with Crippen LogP contribution < -0.4 is 5.32 Å². The van der Waals surface area contributed by atoms with Gasteiger partial charge in [0.05, 0.1) is 0 Å². The number of amides is 1. The number of carbonyl (C=O) groups is 2. The second kappa shape index (κ2) is 8.82.